The van der Waals surface area contributed by atoms with Gasteiger partial charge in [-0.2, -0.15) is 0 Å². The van der Waals surface area contributed by atoms with Gasteiger partial charge in [0.2, 0.25) is 0 Å². The monoisotopic (exact) mass is 326 g/mol. The highest BCUT2D eigenvalue weighted by Crippen LogP contribution is 2.24. The highest BCUT2D eigenvalue weighted by molar-refractivity contribution is 5.68. The Bertz CT molecular complexity index is 672. The Balaban J connectivity index is 1.98. The van der Waals surface area contributed by atoms with Crippen LogP contribution in [0.5, 0.6) is 5.75 Å². The van der Waals surface area contributed by atoms with E-state index < -0.39 is 5.97 Å². The summed E-state index contributed by atoms with van der Waals surface area (Å²) in [5.74, 6) is -0.211. The van der Waals surface area contributed by atoms with Crippen LogP contribution in [0, 0.1) is 0 Å². The zero-order valence-electron chi connectivity index (χ0n) is 13.7. The highest BCUT2D eigenvalue weighted by Gasteiger charge is 2.12. The SMILES string of the molecule is CC=CC(CC(=O)O)c1ccc(OCc2ccc(CO)cc2)cc1. The van der Waals surface area contributed by atoms with Crippen molar-refractivity contribution in [2.75, 3.05) is 0 Å². The predicted molar refractivity (Wildman–Crippen MR) is 92.9 cm³/mol. The van der Waals surface area contributed by atoms with Gasteiger partial charge in [-0.1, -0.05) is 48.6 Å². The minimum absolute atomic E-state index is 0.0340. The molecule has 0 amide bonds. The lowest BCUT2D eigenvalue weighted by atomic mass is 9.95. The van der Waals surface area contributed by atoms with Gasteiger partial charge in [-0.3, -0.25) is 4.79 Å². The minimum atomic E-state index is -0.815. The summed E-state index contributed by atoms with van der Waals surface area (Å²) in [6, 6.07) is 15.1. The lowest BCUT2D eigenvalue weighted by Gasteiger charge is -2.12. The normalized spacial score (nSPS) is 12.2. The fourth-order valence-corrected chi connectivity index (χ4v) is 2.44. The van der Waals surface area contributed by atoms with Crippen LogP contribution in [0.1, 0.15) is 36.0 Å². The van der Waals surface area contributed by atoms with Crippen molar-refractivity contribution in [3.05, 3.63) is 77.4 Å². The second kappa shape index (κ2) is 8.89. The van der Waals surface area contributed by atoms with Gasteiger partial charge < -0.3 is 14.9 Å². The molecule has 0 radical (unpaired) electrons. The Labute approximate surface area is 142 Å². The lowest BCUT2D eigenvalue weighted by molar-refractivity contribution is -0.137. The van der Waals surface area contributed by atoms with Gasteiger partial charge in [0.1, 0.15) is 12.4 Å². The second-order valence-electron chi connectivity index (χ2n) is 5.56. The number of aliphatic hydroxyl groups excluding tert-OH is 1. The number of benzene rings is 2. The molecule has 0 aromatic heterocycles. The molecule has 0 aliphatic carbocycles. The fraction of sp³-hybridized carbons (Fsp3) is 0.250. The van der Waals surface area contributed by atoms with E-state index in [2.05, 4.69) is 0 Å². The molecule has 2 N–H and O–H groups in total. The van der Waals surface area contributed by atoms with E-state index in [0.717, 1.165) is 22.4 Å². The van der Waals surface area contributed by atoms with Crippen LogP contribution < -0.4 is 4.74 Å². The third-order valence-electron chi connectivity index (χ3n) is 3.74. The minimum Gasteiger partial charge on any atom is -0.489 e. The molecule has 0 aliphatic heterocycles. The van der Waals surface area contributed by atoms with Crippen molar-refractivity contribution in [1.29, 1.82) is 0 Å². The fourth-order valence-electron chi connectivity index (χ4n) is 2.44. The molecule has 126 valence electrons. The zero-order chi connectivity index (χ0) is 17.4. The molecule has 0 fully saturated rings. The van der Waals surface area contributed by atoms with Crippen molar-refractivity contribution < 1.29 is 19.7 Å². The molecule has 1 unspecified atom stereocenters. The van der Waals surface area contributed by atoms with Gasteiger partial charge in [-0.25, -0.2) is 0 Å². The molecule has 0 aliphatic rings. The van der Waals surface area contributed by atoms with Crippen molar-refractivity contribution in [3.8, 4) is 5.75 Å². The van der Waals surface area contributed by atoms with Crippen molar-refractivity contribution in [1.82, 2.24) is 0 Å². The molecule has 24 heavy (non-hydrogen) atoms. The number of carboxylic acids is 1. The van der Waals surface area contributed by atoms with Gasteiger partial charge in [-0.05, 0) is 35.7 Å². The maximum atomic E-state index is 11.0. The Morgan fingerprint density at radius 1 is 1.08 bits per heavy atom. The van der Waals surface area contributed by atoms with Crippen LogP contribution in [0.2, 0.25) is 0 Å². The third kappa shape index (κ3) is 5.25. The first-order chi connectivity index (χ1) is 11.6. The van der Waals surface area contributed by atoms with E-state index in [9.17, 15) is 4.79 Å². The number of rotatable bonds is 8. The van der Waals surface area contributed by atoms with E-state index in [-0.39, 0.29) is 18.9 Å². The number of allylic oxidation sites excluding steroid dienone is 2. The highest BCUT2D eigenvalue weighted by atomic mass is 16.5. The molecule has 2 aromatic rings. The molecule has 0 saturated carbocycles. The standard InChI is InChI=1S/C20H22O4/c1-2-3-18(12-20(22)23)17-8-10-19(11-9-17)24-14-16-6-4-15(13-21)5-7-16/h2-11,18,21H,12-14H2,1H3,(H,22,23). The smallest absolute Gasteiger partial charge is 0.304 e. The average molecular weight is 326 g/mol. The molecule has 4 nitrogen and oxygen atoms in total. The van der Waals surface area contributed by atoms with Crippen LogP contribution in [0.15, 0.2) is 60.7 Å². The molecule has 2 rings (SSSR count). The summed E-state index contributed by atoms with van der Waals surface area (Å²) in [5.41, 5.74) is 2.85. The Hall–Kier alpha value is -2.59. The van der Waals surface area contributed by atoms with Gasteiger partial charge in [0.15, 0.2) is 0 Å². The van der Waals surface area contributed by atoms with Gasteiger partial charge in [0, 0.05) is 5.92 Å². The molecule has 0 spiro atoms. The maximum absolute atomic E-state index is 11.0. The van der Waals surface area contributed by atoms with Crippen LogP contribution >= 0.6 is 0 Å². The number of hydrogen-bond acceptors (Lipinski definition) is 3. The summed E-state index contributed by atoms with van der Waals surface area (Å²) in [7, 11) is 0. The third-order valence-corrected chi connectivity index (χ3v) is 3.74. The Kier molecular flexibility index (Phi) is 6.58. The van der Waals surface area contributed by atoms with Crippen LogP contribution in [0.4, 0.5) is 0 Å². The zero-order valence-corrected chi connectivity index (χ0v) is 13.7. The van der Waals surface area contributed by atoms with E-state index >= 15 is 0 Å². The van der Waals surface area contributed by atoms with Gasteiger partial charge in [-0.15, -0.1) is 0 Å². The first-order valence-corrected chi connectivity index (χ1v) is 7.88. The van der Waals surface area contributed by atoms with Gasteiger partial charge in [0.25, 0.3) is 0 Å². The number of carbonyl (C=O) groups is 1. The van der Waals surface area contributed by atoms with E-state index in [1.165, 1.54) is 0 Å². The molecule has 4 heteroatoms. The Morgan fingerprint density at radius 3 is 2.25 bits per heavy atom. The number of aliphatic carboxylic acids is 1. The summed E-state index contributed by atoms with van der Waals surface area (Å²) in [4.78, 5) is 11.0. The van der Waals surface area contributed by atoms with Crippen molar-refractivity contribution >= 4 is 5.97 Å². The second-order valence-corrected chi connectivity index (χ2v) is 5.56. The van der Waals surface area contributed by atoms with Crippen molar-refractivity contribution in [2.24, 2.45) is 0 Å². The maximum Gasteiger partial charge on any atom is 0.304 e. The summed E-state index contributed by atoms with van der Waals surface area (Å²) >= 11 is 0. The number of ether oxygens (including phenoxy) is 1. The van der Waals surface area contributed by atoms with E-state index in [1.807, 2.05) is 67.6 Å². The first-order valence-electron chi connectivity index (χ1n) is 7.88. The molecule has 0 heterocycles. The quantitative estimate of drug-likeness (QED) is 0.722. The van der Waals surface area contributed by atoms with Crippen LogP contribution in [0.3, 0.4) is 0 Å². The van der Waals surface area contributed by atoms with Crippen molar-refractivity contribution in [2.45, 2.75) is 32.5 Å². The van der Waals surface area contributed by atoms with Crippen LogP contribution in [-0.4, -0.2) is 16.2 Å². The summed E-state index contributed by atoms with van der Waals surface area (Å²) in [6.07, 6.45) is 3.84. The van der Waals surface area contributed by atoms with E-state index in [1.54, 1.807) is 0 Å². The number of carboxylic acid groups (broad SMARTS) is 1. The van der Waals surface area contributed by atoms with Gasteiger partial charge >= 0.3 is 5.97 Å². The molecule has 0 saturated heterocycles. The van der Waals surface area contributed by atoms with E-state index in [0.29, 0.717) is 6.61 Å². The Morgan fingerprint density at radius 2 is 1.71 bits per heavy atom. The topological polar surface area (TPSA) is 66.8 Å². The van der Waals surface area contributed by atoms with Gasteiger partial charge in [0.05, 0.1) is 13.0 Å². The predicted octanol–water partition coefficient (Wildman–Crippen LogP) is 3.89. The molecule has 2 aromatic carbocycles. The van der Waals surface area contributed by atoms with Crippen LogP contribution in [0.25, 0.3) is 0 Å². The van der Waals surface area contributed by atoms with Crippen LogP contribution in [-0.2, 0) is 18.0 Å². The first kappa shape index (κ1) is 17.8. The number of hydrogen-bond donors (Lipinski definition) is 2. The van der Waals surface area contributed by atoms with E-state index in [4.69, 9.17) is 14.9 Å². The largest absolute Gasteiger partial charge is 0.489 e. The summed E-state index contributed by atoms with van der Waals surface area (Å²) in [6.45, 7) is 2.36. The van der Waals surface area contributed by atoms with Crippen molar-refractivity contribution in [3.63, 3.8) is 0 Å². The average Bonchev–Trinajstić information content (AvgIpc) is 2.60. The molecule has 0 bridgehead atoms. The number of aliphatic hydroxyl groups is 1. The summed E-state index contributed by atoms with van der Waals surface area (Å²) < 4.78 is 5.74. The molecular weight excluding hydrogens is 304 g/mol. The molecular formula is C20H22O4. The lowest BCUT2D eigenvalue weighted by Crippen LogP contribution is -2.04. The summed E-state index contributed by atoms with van der Waals surface area (Å²) in [5, 5.41) is 18.0. The molecule has 1 atom stereocenters.